The van der Waals surface area contributed by atoms with E-state index in [1.165, 1.54) is 19.1 Å². The molecule has 0 aromatic heterocycles. The predicted molar refractivity (Wildman–Crippen MR) is 84.9 cm³/mol. The maximum absolute atomic E-state index is 12.2. The molecule has 0 saturated carbocycles. The van der Waals surface area contributed by atoms with Crippen LogP contribution in [0.3, 0.4) is 0 Å². The van der Waals surface area contributed by atoms with Crippen LogP contribution in [0.25, 0.3) is 0 Å². The first-order valence-corrected chi connectivity index (χ1v) is 8.99. The Labute approximate surface area is 128 Å². The lowest BCUT2D eigenvalue weighted by Crippen LogP contribution is -2.29. The number of carbonyl (C=O) groups is 1. The summed E-state index contributed by atoms with van der Waals surface area (Å²) < 4.78 is 27.1. The van der Waals surface area contributed by atoms with Gasteiger partial charge in [0.05, 0.1) is 4.90 Å². The number of nitrogens with one attached hydrogen (secondary N) is 1. The topological polar surface area (TPSA) is 63.2 Å². The van der Waals surface area contributed by atoms with Crippen LogP contribution in [0.15, 0.2) is 29.2 Å². The Kier molecular flexibility index (Phi) is 7.05. The molecule has 1 unspecified atom stereocenters. The number of carbonyl (C=O) groups excluding carboxylic acids is 1. The number of unbranched alkanes of at least 4 members (excludes halogenated alkanes) is 1. The van der Waals surface area contributed by atoms with Crippen molar-refractivity contribution < 1.29 is 13.2 Å². The molecule has 5 heteroatoms. The van der Waals surface area contributed by atoms with Crippen molar-refractivity contribution in [3.8, 4) is 0 Å². The number of benzene rings is 1. The van der Waals surface area contributed by atoms with Crippen molar-refractivity contribution in [1.82, 2.24) is 4.72 Å². The Balaban J connectivity index is 2.70. The zero-order valence-electron chi connectivity index (χ0n) is 13.1. The van der Waals surface area contributed by atoms with Gasteiger partial charge in [0, 0.05) is 12.1 Å². The van der Waals surface area contributed by atoms with E-state index in [-0.39, 0.29) is 10.7 Å². The number of hydrogen-bond donors (Lipinski definition) is 1. The molecule has 21 heavy (non-hydrogen) atoms. The lowest BCUT2D eigenvalue weighted by atomic mass is 10.00. The van der Waals surface area contributed by atoms with Crippen LogP contribution in [-0.2, 0) is 10.0 Å². The largest absolute Gasteiger partial charge is 0.295 e. The van der Waals surface area contributed by atoms with Gasteiger partial charge in [0.25, 0.3) is 0 Å². The van der Waals surface area contributed by atoms with Gasteiger partial charge in [-0.3, -0.25) is 4.79 Å². The monoisotopic (exact) mass is 311 g/mol. The maximum atomic E-state index is 12.2. The molecule has 1 rings (SSSR count). The first-order chi connectivity index (χ1) is 9.90. The highest BCUT2D eigenvalue weighted by atomic mass is 32.2. The molecular weight excluding hydrogens is 286 g/mol. The highest BCUT2D eigenvalue weighted by Gasteiger charge is 2.16. The summed E-state index contributed by atoms with van der Waals surface area (Å²) in [5.41, 5.74) is 0.517. The summed E-state index contributed by atoms with van der Waals surface area (Å²) in [6.45, 7) is 6.14. The van der Waals surface area contributed by atoms with Crippen molar-refractivity contribution in [3.05, 3.63) is 29.8 Å². The number of sulfonamides is 1. The van der Waals surface area contributed by atoms with Gasteiger partial charge in [-0.15, -0.1) is 0 Å². The van der Waals surface area contributed by atoms with E-state index in [1.807, 2.05) is 0 Å². The van der Waals surface area contributed by atoms with Crippen LogP contribution in [0.2, 0.25) is 0 Å². The molecule has 0 spiro atoms. The minimum absolute atomic E-state index is 0.0717. The van der Waals surface area contributed by atoms with Crippen molar-refractivity contribution in [2.45, 2.75) is 51.3 Å². The van der Waals surface area contributed by atoms with Crippen LogP contribution in [0.1, 0.15) is 56.8 Å². The minimum atomic E-state index is -3.49. The summed E-state index contributed by atoms with van der Waals surface area (Å²) in [6.07, 6.45) is 4.24. The SMILES string of the molecule is CCCCC(CC)CNS(=O)(=O)c1ccc(C(C)=O)cc1. The fourth-order valence-corrected chi connectivity index (χ4v) is 3.24. The Morgan fingerprint density at radius 1 is 1.19 bits per heavy atom. The molecule has 0 saturated heterocycles. The van der Waals surface area contributed by atoms with E-state index in [9.17, 15) is 13.2 Å². The molecule has 0 bridgehead atoms. The van der Waals surface area contributed by atoms with E-state index in [2.05, 4.69) is 18.6 Å². The average Bonchev–Trinajstić information content (AvgIpc) is 2.47. The van der Waals surface area contributed by atoms with Crippen molar-refractivity contribution in [2.75, 3.05) is 6.54 Å². The minimum Gasteiger partial charge on any atom is -0.295 e. The van der Waals surface area contributed by atoms with E-state index < -0.39 is 10.0 Å². The molecule has 0 amide bonds. The standard InChI is InChI=1S/C16H25NO3S/c1-4-6-7-14(5-2)12-17-21(19,20)16-10-8-15(9-11-16)13(3)18/h8-11,14,17H,4-7,12H2,1-3H3. The first kappa shape index (κ1) is 17.9. The van der Waals surface area contributed by atoms with Gasteiger partial charge in [0.15, 0.2) is 5.78 Å². The number of rotatable bonds is 9. The Morgan fingerprint density at radius 3 is 2.29 bits per heavy atom. The van der Waals surface area contributed by atoms with Crippen LogP contribution in [-0.4, -0.2) is 20.7 Å². The molecule has 1 aromatic carbocycles. The van der Waals surface area contributed by atoms with Gasteiger partial charge in [-0.05, 0) is 31.4 Å². The second-order valence-electron chi connectivity index (χ2n) is 5.35. The molecule has 4 nitrogen and oxygen atoms in total. The molecule has 0 fully saturated rings. The number of ketones is 1. The summed E-state index contributed by atoms with van der Waals surface area (Å²) in [6, 6.07) is 6.05. The molecule has 1 aromatic rings. The summed E-state index contributed by atoms with van der Waals surface area (Å²) in [5, 5.41) is 0. The van der Waals surface area contributed by atoms with Crippen LogP contribution in [0.4, 0.5) is 0 Å². The second-order valence-corrected chi connectivity index (χ2v) is 7.12. The molecular formula is C16H25NO3S. The highest BCUT2D eigenvalue weighted by Crippen LogP contribution is 2.14. The molecule has 0 heterocycles. The quantitative estimate of drug-likeness (QED) is 0.711. The van der Waals surface area contributed by atoms with E-state index in [4.69, 9.17) is 0 Å². The third-order valence-electron chi connectivity index (χ3n) is 3.68. The lowest BCUT2D eigenvalue weighted by Gasteiger charge is -2.15. The summed E-state index contributed by atoms with van der Waals surface area (Å²) >= 11 is 0. The van der Waals surface area contributed by atoms with Crippen molar-refractivity contribution in [2.24, 2.45) is 5.92 Å². The average molecular weight is 311 g/mol. The molecule has 0 aliphatic carbocycles. The fourth-order valence-electron chi connectivity index (χ4n) is 2.12. The summed E-state index contributed by atoms with van der Waals surface area (Å²) in [4.78, 5) is 11.4. The van der Waals surface area contributed by atoms with E-state index in [0.29, 0.717) is 18.0 Å². The van der Waals surface area contributed by atoms with Crippen LogP contribution < -0.4 is 4.72 Å². The third kappa shape index (κ3) is 5.59. The molecule has 0 aliphatic heterocycles. The predicted octanol–water partition coefficient (Wildman–Crippen LogP) is 3.38. The molecule has 1 atom stereocenters. The van der Waals surface area contributed by atoms with E-state index in [1.54, 1.807) is 12.1 Å². The van der Waals surface area contributed by atoms with E-state index >= 15 is 0 Å². The zero-order chi connectivity index (χ0) is 15.9. The maximum Gasteiger partial charge on any atom is 0.240 e. The zero-order valence-corrected chi connectivity index (χ0v) is 13.9. The van der Waals surface area contributed by atoms with Gasteiger partial charge in [0.2, 0.25) is 10.0 Å². The molecule has 0 radical (unpaired) electrons. The van der Waals surface area contributed by atoms with Gasteiger partial charge < -0.3 is 0 Å². The Morgan fingerprint density at radius 2 is 1.81 bits per heavy atom. The fraction of sp³-hybridized carbons (Fsp3) is 0.562. The van der Waals surface area contributed by atoms with Gasteiger partial charge in [-0.2, -0.15) is 0 Å². The third-order valence-corrected chi connectivity index (χ3v) is 5.12. The molecule has 1 N–H and O–H groups in total. The van der Waals surface area contributed by atoms with Gasteiger partial charge in [-0.25, -0.2) is 13.1 Å². The van der Waals surface area contributed by atoms with Crippen molar-refractivity contribution in [1.29, 1.82) is 0 Å². The van der Waals surface area contributed by atoms with Gasteiger partial charge >= 0.3 is 0 Å². The van der Waals surface area contributed by atoms with Crippen molar-refractivity contribution in [3.63, 3.8) is 0 Å². The van der Waals surface area contributed by atoms with Gasteiger partial charge in [0.1, 0.15) is 0 Å². The van der Waals surface area contributed by atoms with Crippen LogP contribution >= 0.6 is 0 Å². The van der Waals surface area contributed by atoms with Crippen LogP contribution in [0, 0.1) is 5.92 Å². The highest BCUT2D eigenvalue weighted by molar-refractivity contribution is 7.89. The first-order valence-electron chi connectivity index (χ1n) is 7.51. The summed E-state index contributed by atoms with van der Waals surface area (Å²) in [5.74, 6) is 0.300. The number of hydrogen-bond acceptors (Lipinski definition) is 3. The number of Topliss-reactive ketones (excluding diaryl/α,β-unsaturated/α-hetero) is 1. The van der Waals surface area contributed by atoms with Crippen LogP contribution in [0.5, 0.6) is 0 Å². The second kappa shape index (κ2) is 8.29. The normalized spacial score (nSPS) is 13.1. The molecule has 118 valence electrons. The lowest BCUT2D eigenvalue weighted by molar-refractivity contribution is 0.101. The van der Waals surface area contributed by atoms with Crippen molar-refractivity contribution >= 4 is 15.8 Å². The Hall–Kier alpha value is -1.20. The smallest absolute Gasteiger partial charge is 0.240 e. The summed E-state index contributed by atoms with van der Waals surface area (Å²) in [7, 11) is -3.49. The van der Waals surface area contributed by atoms with Gasteiger partial charge in [-0.1, -0.05) is 45.2 Å². The van der Waals surface area contributed by atoms with E-state index in [0.717, 1.165) is 25.7 Å². The molecule has 0 aliphatic rings. The Bertz CT molecular complexity index is 549.